The number of nitrogens with zero attached hydrogens (tertiary/aromatic N) is 2. The minimum atomic E-state index is -0.482. The lowest BCUT2D eigenvalue weighted by Gasteiger charge is -2.23. The van der Waals surface area contributed by atoms with E-state index in [9.17, 15) is 4.79 Å². The first-order valence-corrected chi connectivity index (χ1v) is 5.40. The number of hydrogen-bond donors (Lipinski definition) is 2. The van der Waals surface area contributed by atoms with Crippen LogP contribution in [-0.2, 0) is 0 Å². The Morgan fingerprint density at radius 2 is 2.00 bits per heavy atom. The Balaban J connectivity index is 2.86. The number of benzene rings is 1. The van der Waals surface area contributed by atoms with Gasteiger partial charge in [0.2, 0.25) is 0 Å². The van der Waals surface area contributed by atoms with Gasteiger partial charge in [-0.25, -0.2) is 0 Å². The van der Waals surface area contributed by atoms with Crippen LogP contribution in [0.1, 0.15) is 17.3 Å². The summed E-state index contributed by atoms with van der Waals surface area (Å²) >= 11 is 0. The smallest absolute Gasteiger partial charge is 0.254 e. The Morgan fingerprint density at radius 3 is 2.44 bits per heavy atom. The molecule has 98 valence electrons. The number of hydrogen-bond acceptors (Lipinski definition) is 4. The van der Waals surface area contributed by atoms with Gasteiger partial charge in [0.1, 0.15) is 5.75 Å². The van der Waals surface area contributed by atoms with Gasteiger partial charge in [-0.2, -0.15) is 0 Å². The molecule has 0 fully saturated rings. The van der Waals surface area contributed by atoms with Gasteiger partial charge >= 0.3 is 0 Å². The van der Waals surface area contributed by atoms with Crippen molar-refractivity contribution >= 4 is 11.7 Å². The van der Waals surface area contributed by atoms with E-state index in [1.165, 1.54) is 4.90 Å². The minimum Gasteiger partial charge on any atom is -0.497 e. The van der Waals surface area contributed by atoms with Crippen LogP contribution in [-0.4, -0.2) is 42.0 Å². The van der Waals surface area contributed by atoms with Crippen molar-refractivity contribution in [2.45, 2.75) is 13.0 Å². The fraction of sp³-hybridized carbons (Fsp3) is 0.333. The summed E-state index contributed by atoms with van der Waals surface area (Å²) in [4.78, 5) is 13.5. The average molecular weight is 251 g/mol. The summed E-state index contributed by atoms with van der Waals surface area (Å²) < 4.78 is 5.02. The molecule has 0 aromatic heterocycles. The number of carbonyl (C=O) groups excluding carboxylic acids is 1. The van der Waals surface area contributed by atoms with E-state index < -0.39 is 6.04 Å². The lowest BCUT2D eigenvalue weighted by Crippen LogP contribution is -2.43. The molecule has 0 heterocycles. The largest absolute Gasteiger partial charge is 0.497 e. The quantitative estimate of drug-likeness (QED) is 0.360. The molecule has 0 bridgehead atoms. The summed E-state index contributed by atoms with van der Waals surface area (Å²) in [6, 6.07) is 6.25. The van der Waals surface area contributed by atoms with Crippen LogP contribution in [0.3, 0.4) is 0 Å². The van der Waals surface area contributed by atoms with E-state index in [1.807, 2.05) is 0 Å². The molecule has 0 aliphatic rings. The summed E-state index contributed by atoms with van der Waals surface area (Å²) in [6.45, 7) is 1.68. The van der Waals surface area contributed by atoms with E-state index in [2.05, 4.69) is 5.16 Å². The van der Waals surface area contributed by atoms with E-state index in [-0.39, 0.29) is 11.7 Å². The topological polar surface area (TPSA) is 88.2 Å². The Morgan fingerprint density at radius 1 is 1.44 bits per heavy atom. The molecule has 6 nitrogen and oxygen atoms in total. The lowest BCUT2D eigenvalue weighted by atomic mass is 10.1. The van der Waals surface area contributed by atoms with Crippen LogP contribution in [0.2, 0.25) is 0 Å². The first-order valence-electron chi connectivity index (χ1n) is 5.40. The van der Waals surface area contributed by atoms with E-state index in [0.29, 0.717) is 11.3 Å². The molecule has 1 unspecified atom stereocenters. The van der Waals surface area contributed by atoms with Gasteiger partial charge in [0, 0.05) is 12.6 Å². The van der Waals surface area contributed by atoms with Gasteiger partial charge < -0.3 is 20.6 Å². The number of methoxy groups -OCH3 is 1. The van der Waals surface area contributed by atoms with E-state index in [1.54, 1.807) is 45.3 Å². The highest BCUT2D eigenvalue weighted by Gasteiger charge is 2.20. The number of nitrogens with two attached hydrogens (primary N) is 1. The first kappa shape index (κ1) is 13.8. The van der Waals surface area contributed by atoms with Gasteiger partial charge in [0.15, 0.2) is 5.84 Å². The number of amides is 1. The van der Waals surface area contributed by atoms with Gasteiger partial charge in [-0.1, -0.05) is 5.16 Å². The maximum atomic E-state index is 12.1. The third-order valence-electron chi connectivity index (χ3n) is 2.78. The zero-order valence-corrected chi connectivity index (χ0v) is 10.6. The Hall–Kier alpha value is -2.24. The summed E-state index contributed by atoms with van der Waals surface area (Å²) in [5, 5.41) is 11.5. The van der Waals surface area contributed by atoms with Crippen LogP contribution in [0.25, 0.3) is 0 Å². The molecular formula is C12H17N3O3. The zero-order chi connectivity index (χ0) is 13.7. The standard InChI is InChI=1S/C12H17N3O3/c1-8(11(13)14-17)15(2)12(16)9-4-6-10(18-3)7-5-9/h4-8,17H,1-3H3,(H2,13,14). The van der Waals surface area contributed by atoms with Crippen LogP contribution in [0, 0.1) is 0 Å². The van der Waals surface area contributed by atoms with E-state index >= 15 is 0 Å². The Bertz CT molecular complexity index is 442. The summed E-state index contributed by atoms with van der Waals surface area (Å²) in [7, 11) is 3.15. The van der Waals surface area contributed by atoms with Gasteiger partial charge in [-0.15, -0.1) is 0 Å². The van der Waals surface area contributed by atoms with Gasteiger partial charge in [-0.3, -0.25) is 4.79 Å². The Labute approximate surface area is 106 Å². The molecule has 1 rings (SSSR count). The van der Waals surface area contributed by atoms with Gasteiger partial charge in [-0.05, 0) is 31.2 Å². The Kier molecular flexibility index (Phi) is 4.53. The number of carbonyl (C=O) groups is 1. The normalized spacial score (nSPS) is 12.9. The van der Waals surface area contributed by atoms with Gasteiger partial charge in [0.25, 0.3) is 5.91 Å². The maximum Gasteiger partial charge on any atom is 0.254 e. The number of ether oxygens (including phenoxy) is 1. The van der Waals surface area contributed by atoms with Crippen molar-refractivity contribution in [2.75, 3.05) is 14.2 Å². The molecular weight excluding hydrogens is 234 g/mol. The molecule has 1 aromatic rings. The van der Waals surface area contributed by atoms with E-state index in [0.717, 1.165) is 0 Å². The number of rotatable bonds is 4. The number of oxime groups is 1. The molecule has 18 heavy (non-hydrogen) atoms. The molecule has 0 radical (unpaired) electrons. The molecule has 0 aliphatic carbocycles. The zero-order valence-electron chi connectivity index (χ0n) is 10.6. The molecule has 0 saturated carbocycles. The highest BCUT2D eigenvalue weighted by atomic mass is 16.5. The van der Waals surface area contributed by atoms with Crippen LogP contribution in [0.15, 0.2) is 29.4 Å². The molecule has 6 heteroatoms. The van der Waals surface area contributed by atoms with Crippen molar-refractivity contribution in [1.82, 2.24) is 4.90 Å². The molecule has 0 spiro atoms. The van der Waals surface area contributed by atoms with Crippen molar-refractivity contribution in [3.05, 3.63) is 29.8 Å². The lowest BCUT2D eigenvalue weighted by molar-refractivity contribution is 0.0776. The second-order valence-corrected chi connectivity index (χ2v) is 3.85. The molecule has 0 aliphatic heterocycles. The van der Waals surface area contributed by atoms with E-state index in [4.69, 9.17) is 15.7 Å². The predicted octanol–water partition coefficient (Wildman–Crippen LogP) is 0.902. The molecule has 1 amide bonds. The molecule has 0 saturated heterocycles. The molecule has 1 aromatic carbocycles. The fourth-order valence-electron chi connectivity index (χ4n) is 1.40. The first-order chi connectivity index (χ1) is 8.51. The second kappa shape index (κ2) is 5.90. The van der Waals surface area contributed by atoms with Crippen LogP contribution < -0.4 is 10.5 Å². The molecule has 3 N–H and O–H groups in total. The minimum absolute atomic E-state index is 0.0145. The van der Waals surface area contributed by atoms with Crippen LogP contribution in [0.5, 0.6) is 5.75 Å². The third kappa shape index (κ3) is 2.91. The number of likely N-dealkylation sites (N-methyl/N-ethyl adjacent to an activating group) is 1. The van der Waals surface area contributed by atoms with Crippen LogP contribution >= 0.6 is 0 Å². The van der Waals surface area contributed by atoms with Crippen molar-refractivity contribution < 1.29 is 14.7 Å². The third-order valence-corrected chi connectivity index (χ3v) is 2.78. The van der Waals surface area contributed by atoms with Gasteiger partial charge in [0.05, 0.1) is 13.2 Å². The fourth-order valence-corrected chi connectivity index (χ4v) is 1.40. The van der Waals surface area contributed by atoms with Crippen molar-refractivity contribution in [2.24, 2.45) is 10.9 Å². The van der Waals surface area contributed by atoms with Crippen molar-refractivity contribution in [3.8, 4) is 5.75 Å². The maximum absolute atomic E-state index is 12.1. The van der Waals surface area contributed by atoms with Crippen molar-refractivity contribution in [1.29, 1.82) is 0 Å². The summed E-state index contributed by atoms with van der Waals surface area (Å²) in [5.41, 5.74) is 5.98. The van der Waals surface area contributed by atoms with Crippen LogP contribution in [0.4, 0.5) is 0 Å². The number of amidine groups is 1. The summed E-state index contributed by atoms with van der Waals surface area (Å²) in [5.74, 6) is 0.454. The average Bonchev–Trinajstić information content (AvgIpc) is 2.44. The summed E-state index contributed by atoms with van der Waals surface area (Å²) in [6.07, 6.45) is 0. The highest BCUT2D eigenvalue weighted by Crippen LogP contribution is 2.13. The molecule has 1 atom stereocenters. The second-order valence-electron chi connectivity index (χ2n) is 3.85. The monoisotopic (exact) mass is 251 g/mol. The SMILES string of the molecule is COc1ccc(C(=O)N(C)C(C)C(N)=NO)cc1. The van der Waals surface area contributed by atoms with Crippen molar-refractivity contribution in [3.63, 3.8) is 0 Å². The highest BCUT2D eigenvalue weighted by molar-refractivity contribution is 5.98. The predicted molar refractivity (Wildman–Crippen MR) is 68.0 cm³/mol.